The van der Waals surface area contributed by atoms with Crippen molar-refractivity contribution in [3.8, 4) is 11.6 Å². The van der Waals surface area contributed by atoms with Gasteiger partial charge in [-0.25, -0.2) is 15.0 Å². The maximum absolute atomic E-state index is 4.58. The average Bonchev–Trinajstić information content (AvgIpc) is 2.73. The minimum Gasteiger partial charge on any atom is -0.331 e. The first-order valence-electron chi connectivity index (χ1n) is 6.54. The van der Waals surface area contributed by atoms with Crippen molar-refractivity contribution in [3.05, 3.63) is 29.3 Å². The van der Waals surface area contributed by atoms with Gasteiger partial charge in [0.1, 0.15) is 0 Å². The van der Waals surface area contributed by atoms with E-state index in [0.717, 1.165) is 23.8 Å². The van der Waals surface area contributed by atoms with E-state index < -0.39 is 0 Å². The zero-order valence-electron chi connectivity index (χ0n) is 12.2. The molecule has 0 aromatic carbocycles. The highest BCUT2D eigenvalue weighted by Crippen LogP contribution is 2.17. The quantitative estimate of drug-likeness (QED) is 0.912. The topological polar surface area (TPSA) is 55.6 Å². The normalized spacial score (nSPS) is 11.3. The predicted molar refractivity (Wildman–Crippen MR) is 75.7 cm³/mol. The first kappa shape index (κ1) is 13.7. The van der Waals surface area contributed by atoms with Crippen LogP contribution in [0.25, 0.3) is 11.6 Å². The molecule has 0 amide bonds. The van der Waals surface area contributed by atoms with Gasteiger partial charge in [0.25, 0.3) is 0 Å². The lowest BCUT2D eigenvalue weighted by Gasteiger charge is -2.13. The second kappa shape index (κ2) is 5.48. The number of hydrogen-bond acceptors (Lipinski definition) is 4. The molecular formula is C14H21N5. The van der Waals surface area contributed by atoms with Crippen molar-refractivity contribution in [2.75, 3.05) is 0 Å². The van der Waals surface area contributed by atoms with Gasteiger partial charge in [0.15, 0.2) is 11.6 Å². The highest BCUT2D eigenvalue weighted by molar-refractivity contribution is 5.46. The second-order valence-corrected chi connectivity index (χ2v) is 5.09. The Hall–Kier alpha value is -1.75. The number of nitrogens with one attached hydrogen (secondary N) is 1. The van der Waals surface area contributed by atoms with Crippen molar-refractivity contribution < 1.29 is 0 Å². The molecule has 0 saturated carbocycles. The zero-order chi connectivity index (χ0) is 14.0. The fourth-order valence-electron chi connectivity index (χ4n) is 1.98. The summed E-state index contributed by atoms with van der Waals surface area (Å²) in [6.07, 6.45) is 3.66. The minimum absolute atomic E-state index is 0.452. The Morgan fingerprint density at radius 2 is 1.84 bits per heavy atom. The van der Waals surface area contributed by atoms with E-state index in [4.69, 9.17) is 0 Å². The highest BCUT2D eigenvalue weighted by atomic mass is 15.1. The molecule has 5 nitrogen and oxygen atoms in total. The van der Waals surface area contributed by atoms with Gasteiger partial charge in [-0.3, -0.25) is 0 Å². The van der Waals surface area contributed by atoms with Crippen LogP contribution in [-0.2, 0) is 13.6 Å². The molecule has 0 radical (unpaired) electrons. The Morgan fingerprint density at radius 1 is 1.21 bits per heavy atom. The summed E-state index contributed by atoms with van der Waals surface area (Å²) in [6, 6.07) is 0.452. The molecule has 0 aliphatic heterocycles. The van der Waals surface area contributed by atoms with Crippen LogP contribution < -0.4 is 5.32 Å². The molecule has 2 aromatic heterocycles. The van der Waals surface area contributed by atoms with Gasteiger partial charge in [-0.15, -0.1) is 0 Å². The van der Waals surface area contributed by atoms with E-state index in [1.54, 1.807) is 6.20 Å². The fourth-order valence-corrected chi connectivity index (χ4v) is 1.98. The molecule has 0 fully saturated rings. The highest BCUT2D eigenvalue weighted by Gasteiger charge is 2.12. The third-order valence-electron chi connectivity index (χ3n) is 3.13. The summed E-state index contributed by atoms with van der Waals surface area (Å²) in [7, 11) is 1.95. The van der Waals surface area contributed by atoms with Crippen molar-refractivity contribution in [2.45, 2.75) is 40.3 Å². The van der Waals surface area contributed by atoms with Crippen molar-refractivity contribution in [3.63, 3.8) is 0 Å². The van der Waals surface area contributed by atoms with Gasteiger partial charge in [0, 0.05) is 49.0 Å². The number of rotatable bonds is 4. The lowest BCUT2D eigenvalue weighted by molar-refractivity contribution is 0.583. The molecule has 0 bridgehead atoms. The van der Waals surface area contributed by atoms with Gasteiger partial charge in [0.2, 0.25) is 0 Å². The summed E-state index contributed by atoms with van der Waals surface area (Å²) in [5.74, 6) is 1.49. The lowest BCUT2D eigenvalue weighted by atomic mass is 10.1. The Balaban J connectivity index is 2.34. The maximum atomic E-state index is 4.58. The van der Waals surface area contributed by atoms with Crippen LogP contribution in [-0.4, -0.2) is 25.6 Å². The van der Waals surface area contributed by atoms with Crippen molar-refractivity contribution in [2.24, 2.45) is 7.05 Å². The zero-order valence-corrected chi connectivity index (χ0v) is 12.2. The molecule has 2 heterocycles. The molecule has 102 valence electrons. The van der Waals surface area contributed by atoms with E-state index in [-0.39, 0.29) is 0 Å². The smallest absolute Gasteiger partial charge is 0.196 e. The first-order valence-corrected chi connectivity index (χ1v) is 6.54. The summed E-state index contributed by atoms with van der Waals surface area (Å²) in [6.45, 7) is 9.12. The Morgan fingerprint density at radius 3 is 2.32 bits per heavy atom. The molecule has 1 N–H and O–H groups in total. The van der Waals surface area contributed by atoms with E-state index >= 15 is 0 Å². The minimum atomic E-state index is 0.452. The summed E-state index contributed by atoms with van der Waals surface area (Å²) in [4.78, 5) is 13.5. The molecule has 0 saturated heterocycles. The average molecular weight is 259 g/mol. The van der Waals surface area contributed by atoms with Gasteiger partial charge >= 0.3 is 0 Å². The molecule has 0 aliphatic carbocycles. The van der Waals surface area contributed by atoms with Crippen LogP contribution in [0.4, 0.5) is 0 Å². The summed E-state index contributed by atoms with van der Waals surface area (Å²) < 4.78 is 1.93. The van der Waals surface area contributed by atoms with Gasteiger partial charge in [-0.1, -0.05) is 13.8 Å². The van der Waals surface area contributed by atoms with Crippen molar-refractivity contribution in [1.82, 2.24) is 24.8 Å². The SMILES string of the molecule is Cc1nc(-c2nccn2C)nc(C)c1CNC(C)C. The Labute approximate surface area is 114 Å². The number of nitrogens with zero attached hydrogens (tertiary/aromatic N) is 4. The van der Waals surface area contributed by atoms with Gasteiger partial charge in [0.05, 0.1) is 0 Å². The maximum Gasteiger partial charge on any atom is 0.196 e. The van der Waals surface area contributed by atoms with Crippen molar-refractivity contribution >= 4 is 0 Å². The summed E-state index contributed by atoms with van der Waals surface area (Å²) >= 11 is 0. The van der Waals surface area contributed by atoms with Crippen LogP contribution in [0.3, 0.4) is 0 Å². The third-order valence-corrected chi connectivity index (χ3v) is 3.13. The van der Waals surface area contributed by atoms with E-state index in [9.17, 15) is 0 Å². The molecule has 0 spiro atoms. The van der Waals surface area contributed by atoms with E-state index in [1.807, 2.05) is 31.7 Å². The van der Waals surface area contributed by atoms with Crippen LogP contribution in [0.2, 0.25) is 0 Å². The first-order chi connectivity index (χ1) is 8.99. The van der Waals surface area contributed by atoms with Crippen LogP contribution in [0.1, 0.15) is 30.8 Å². The summed E-state index contributed by atoms with van der Waals surface area (Å²) in [5.41, 5.74) is 3.20. The van der Waals surface area contributed by atoms with Crippen molar-refractivity contribution in [1.29, 1.82) is 0 Å². The molecule has 19 heavy (non-hydrogen) atoms. The van der Waals surface area contributed by atoms with Crippen LogP contribution >= 0.6 is 0 Å². The van der Waals surface area contributed by atoms with Gasteiger partial charge in [-0.2, -0.15) is 0 Å². The van der Waals surface area contributed by atoms with E-state index in [0.29, 0.717) is 11.9 Å². The van der Waals surface area contributed by atoms with Crippen LogP contribution in [0, 0.1) is 13.8 Å². The van der Waals surface area contributed by atoms with E-state index in [1.165, 1.54) is 5.56 Å². The molecular weight excluding hydrogens is 238 g/mol. The predicted octanol–water partition coefficient (Wildman–Crippen LogP) is 1.99. The largest absolute Gasteiger partial charge is 0.331 e. The molecule has 0 aliphatic rings. The molecule has 0 atom stereocenters. The van der Waals surface area contributed by atoms with Gasteiger partial charge in [-0.05, 0) is 13.8 Å². The Kier molecular flexibility index (Phi) is 3.95. The standard InChI is InChI=1S/C14H21N5/c1-9(2)16-8-12-10(3)17-13(18-11(12)4)14-15-6-7-19(14)5/h6-7,9,16H,8H2,1-5H3. The number of aryl methyl sites for hydroxylation is 3. The fraction of sp³-hybridized carbons (Fsp3) is 0.500. The van der Waals surface area contributed by atoms with E-state index in [2.05, 4.69) is 34.1 Å². The third kappa shape index (κ3) is 2.98. The molecule has 5 heteroatoms. The monoisotopic (exact) mass is 259 g/mol. The number of imidazole rings is 1. The number of aromatic nitrogens is 4. The van der Waals surface area contributed by atoms with Crippen LogP contribution in [0.5, 0.6) is 0 Å². The number of hydrogen-bond donors (Lipinski definition) is 1. The van der Waals surface area contributed by atoms with Gasteiger partial charge < -0.3 is 9.88 Å². The Bertz CT molecular complexity index is 548. The molecule has 2 aromatic rings. The van der Waals surface area contributed by atoms with Crippen LogP contribution in [0.15, 0.2) is 12.4 Å². The summed E-state index contributed by atoms with van der Waals surface area (Å²) in [5, 5.41) is 3.41. The second-order valence-electron chi connectivity index (χ2n) is 5.09. The molecule has 2 rings (SSSR count). The lowest BCUT2D eigenvalue weighted by Crippen LogP contribution is -2.23. The molecule has 0 unspecified atom stereocenters.